The van der Waals surface area contributed by atoms with Crippen LogP contribution in [0.25, 0.3) is 0 Å². The van der Waals surface area contributed by atoms with Gasteiger partial charge in [-0.05, 0) is 49.2 Å². The molecule has 0 unspecified atom stereocenters. The fourth-order valence-electron chi connectivity index (χ4n) is 1.70. The lowest BCUT2D eigenvalue weighted by Gasteiger charge is -2.10. The Kier molecular flexibility index (Phi) is 4.56. The van der Waals surface area contributed by atoms with Crippen LogP contribution in [0, 0.1) is 6.92 Å². The minimum absolute atomic E-state index is 0.0102. The highest BCUT2D eigenvalue weighted by atomic mass is 79.9. The van der Waals surface area contributed by atoms with Crippen LogP contribution < -0.4 is 10.5 Å². The zero-order chi connectivity index (χ0) is 13.8. The van der Waals surface area contributed by atoms with E-state index in [1.165, 1.54) is 0 Å². The largest absolute Gasteiger partial charge is 0.456 e. The maximum absolute atomic E-state index is 5.92. The summed E-state index contributed by atoms with van der Waals surface area (Å²) in [4.78, 5) is 4.33. The molecule has 19 heavy (non-hydrogen) atoms. The van der Waals surface area contributed by atoms with Crippen LogP contribution in [0.1, 0.15) is 30.6 Å². The third kappa shape index (κ3) is 3.55. The third-order valence-corrected chi connectivity index (χ3v) is 3.83. The van der Waals surface area contributed by atoms with Gasteiger partial charge in [0.25, 0.3) is 0 Å². The summed E-state index contributed by atoms with van der Waals surface area (Å²) in [5, 5.41) is 0. The molecule has 4 heteroatoms. The monoisotopic (exact) mass is 320 g/mol. The zero-order valence-corrected chi connectivity index (χ0v) is 12.6. The molecule has 1 aromatic heterocycles. The van der Waals surface area contributed by atoms with E-state index in [-0.39, 0.29) is 6.04 Å². The van der Waals surface area contributed by atoms with Crippen LogP contribution in [-0.2, 0) is 0 Å². The maximum Gasteiger partial charge on any atom is 0.145 e. The Morgan fingerprint density at radius 2 is 2.00 bits per heavy atom. The van der Waals surface area contributed by atoms with E-state index in [1.54, 1.807) is 6.20 Å². The van der Waals surface area contributed by atoms with Gasteiger partial charge < -0.3 is 10.5 Å². The Labute approximate surface area is 121 Å². The van der Waals surface area contributed by atoms with Crippen LogP contribution in [0.5, 0.6) is 11.5 Å². The van der Waals surface area contributed by atoms with Gasteiger partial charge in [-0.1, -0.05) is 22.9 Å². The summed E-state index contributed by atoms with van der Waals surface area (Å²) in [7, 11) is 0. The van der Waals surface area contributed by atoms with Crippen LogP contribution in [0.15, 0.2) is 41.0 Å². The second-order valence-electron chi connectivity index (χ2n) is 4.45. The predicted octanol–water partition coefficient (Wildman–Crippen LogP) is 4.35. The number of nitrogens with zero attached hydrogens (tertiary/aromatic N) is 1. The average Bonchev–Trinajstić information content (AvgIpc) is 2.43. The third-order valence-electron chi connectivity index (χ3n) is 2.94. The van der Waals surface area contributed by atoms with Crippen molar-refractivity contribution < 1.29 is 4.74 Å². The van der Waals surface area contributed by atoms with Crippen molar-refractivity contribution >= 4 is 15.9 Å². The van der Waals surface area contributed by atoms with Gasteiger partial charge in [-0.3, -0.25) is 4.98 Å². The molecule has 1 heterocycles. The zero-order valence-electron chi connectivity index (χ0n) is 11.1. The first-order valence-electron chi connectivity index (χ1n) is 6.25. The van der Waals surface area contributed by atoms with Gasteiger partial charge in [-0.2, -0.15) is 0 Å². The van der Waals surface area contributed by atoms with Gasteiger partial charge >= 0.3 is 0 Å². The number of hydrogen-bond acceptors (Lipinski definition) is 3. The molecule has 0 fully saturated rings. The van der Waals surface area contributed by atoms with Crippen LogP contribution in [0.2, 0.25) is 0 Å². The van der Waals surface area contributed by atoms with E-state index in [2.05, 4.69) is 20.9 Å². The molecule has 0 amide bonds. The summed E-state index contributed by atoms with van der Waals surface area (Å²) in [6.07, 6.45) is 2.58. The van der Waals surface area contributed by atoms with Crippen molar-refractivity contribution in [2.75, 3.05) is 0 Å². The fourth-order valence-corrected chi connectivity index (χ4v) is 1.94. The number of benzene rings is 1. The van der Waals surface area contributed by atoms with Gasteiger partial charge in [0.05, 0.1) is 11.9 Å². The van der Waals surface area contributed by atoms with Crippen molar-refractivity contribution in [3.05, 3.63) is 52.3 Å². The summed E-state index contributed by atoms with van der Waals surface area (Å²) in [6.45, 7) is 4.07. The smallest absolute Gasteiger partial charge is 0.145 e. The first kappa shape index (κ1) is 14.0. The molecule has 2 aromatic rings. The summed E-state index contributed by atoms with van der Waals surface area (Å²) >= 11 is 3.47. The van der Waals surface area contributed by atoms with Crippen molar-refractivity contribution in [2.45, 2.75) is 26.3 Å². The number of aryl methyl sites for hydroxylation is 1. The fraction of sp³-hybridized carbons (Fsp3) is 0.267. The molecule has 0 saturated carbocycles. The van der Waals surface area contributed by atoms with Gasteiger partial charge in [-0.25, -0.2) is 0 Å². The maximum atomic E-state index is 5.92. The van der Waals surface area contributed by atoms with Gasteiger partial charge in [0.1, 0.15) is 11.5 Å². The van der Waals surface area contributed by atoms with Crippen molar-refractivity contribution in [1.82, 2.24) is 4.98 Å². The average molecular weight is 321 g/mol. The molecule has 3 nitrogen and oxygen atoms in total. The number of rotatable bonds is 4. The second kappa shape index (κ2) is 6.17. The predicted molar refractivity (Wildman–Crippen MR) is 80.4 cm³/mol. The molecule has 2 N–H and O–H groups in total. The van der Waals surface area contributed by atoms with Crippen LogP contribution in [0.3, 0.4) is 0 Å². The van der Waals surface area contributed by atoms with Crippen LogP contribution >= 0.6 is 15.9 Å². The second-order valence-corrected chi connectivity index (χ2v) is 5.30. The van der Waals surface area contributed by atoms with Gasteiger partial charge in [-0.15, -0.1) is 0 Å². The molecule has 0 aliphatic heterocycles. The highest BCUT2D eigenvalue weighted by Gasteiger charge is 2.05. The minimum atomic E-state index is -0.0102. The van der Waals surface area contributed by atoms with Crippen molar-refractivity contribution in [3.8, 4) is 11.5 Å². The van der Waals surface area contributed by atoms with E-state index in [9.17, 15) is 0 Å². The number of pyridine rings is 1. The first-order chi connectivity index (χ1) is 9.10. The lowest BCUT2D eigenvalue weighted by atomic mass is 10.1. The molecule has 0 aliphatic rings. The van der Waals surface area contributed by atoms with Crippen molar-refractivity contribution in [2.24, 2.45) is 5.73 Å². The lowest BCUT2D eigenvalue weighted by Crippen LogP contribution is -2.10. The Morgan fingerprint density at radius 1 is 1.26 bits per heavy atom. The van der Waals surface area contributed by atoms with E-state index in [4.69, 9.17) is 10.5 Å². The molecule has 100 valence electrons. The summed E-state index contributed by atoms with van der Waals surface area (Å²) < 4.78 is 6.83. The highest BCUT2D eigenvalue weighted by molar-refractivity contribution is 9.10. The SMILES string of the molecule is CC[C@@H](N)c1ccc(Oc2ccc(Br)c(C)c2)cn1. The number of aromatic nitrogens is 1. The molecule has 0 radical (unpaired) electrons. The van der Waals surface area contributed by atoms with E-state index < -0.39 is 0 Å². The molecule has 1 aromatic carbocycles. The number of ether oxygens (including phenoxy) is 1. The number of halogens is 1. The van der Waals surface area contributed by atoms with Gasteiger partial charge in [0.15, 0.2) is 0 Å². The molecule has 0 aliphatic carbocycles. The molecule has 0 spiro atoms. The van der Waals surface area contributed by atoms with Crippen molar-refractivity contribution in [3.63, 3.8) is 0 Å². The molecule has 1 atom stereocenters. The Hall–Kier alpha value is -1.39. The molecular weight excluding hydrogens is 304 g/mol. The minimum Gasteiger partial charge on any atom is -0.456 e. The van der Waals surface area contributed by atoms with E-state index >= 15 is 0 Å². The quantitative estimate of drug-likeness (QED) is 0.910. The molecule has 0 bridgehead atoms. The van der Waals surface area contributed by atoms with E-state index in [0.29, 0.717) is 5.75 Å². The van der Waals surface area contributed by atoms with E-state index in [1.807, 2.05) is 44.2 Å². The summed E-state index contributed by atoms with van der Waals surface area (Å²) in [5.41, 5.74) is 7.95. The highest BCUT2D eigenvalue weighted by Crippen LogP contribution is 2.26. The topological polar surface area (TPSA) is 48.1 Å². The lowest BCUT2D eigenvalue weighted by molar-refractivity contribution is 0.478. The van der Waals surface area contributed by atoms with Crippen LogP contribution in [-0.4, -0.2) is 4.98 Å². The standard InChI is InChI=1S/C15H17BrN2O/c1-3-14(17)15-7-5-12(9-18-15)19-11-4-6-13(16)10(2)8-11/h4-9,14H,3,17H2,1-2H3/t14-/m1/s1. The first-order valence-corrected chi connectivity index (χ1v) is 7.05. The molecule has 2 rings (SSSR count). The molecular formula is C15H17BrN2O. The van der Waals surface area contributed by atoms with E-state index in [0.717, 1.165) is 27.9 Å². The Bertz CT molecular complexity index is 555. The summed E-state index contributed by atoms with van der Waals surface area (Å²) in [6, 6.07) is 9.67. The number of nitrogens with two attached hydrogens (primary N) is 1. The van der Waals surface area contributed by atoms with Crippen molar-refractivity contribution in [1.29, 1.82) is 0 Å². The normalized spacial score (nSPS) is 12.2. The Morgan fingerprint density at radius 3 is 2.58 bits per heavy atom. The summed E-state index contributed by atoms with van der Waals surface area (Å²) in [5.74, 6) is 1.52. The molecule has 0 saturated heterocycles. The van der Waals surface area contributed by atoms with Gasteiger partial charge in [0, 0.05) is 10.5 Å². The van der Waals surface area contributed by atoms with Crippen LogP contribution in [0.4, 0.5) is 0 Å². The van der Waals surface area contributed by atoms with Gasteiger partial charge in [0.2, 0.25) is 0 Å². The number of hydrogen-bond donors (Lipinski definition) is 1. The Balaban J connectivity index is 2.12.